The van der Waals surface area contributed by atoms with Gasteiger partial charge in [-0.3, -0.25) is 4.90 Å². The zero-order chi connectivity index (χ0) is 14.5. The van der Waals surface area contributed by atoms with Gasteiger partial charge in [0, 0.05) is 25.3 Å². The minimum atomic E-state index is 0.682. The van der Waals surface area contributed by atoms with Gasteiger partial charge in [-0.2, -0.15) is 5.26 Å². The van der Waals surface area contributed by atoms with Gasteiger partial charge in [-0.15, -0.1) is 0 Å². The number of nitriles is 1. The van der Waals surface area contributed by atoms with E-state index >= 15 is 0 Å². The topological polar surface area (TPSA) is 61.2 Å². The van der Waals surface area contributed by atoms with Crippen molar-refractivity contribution in [2.75, 3.05) is 44.7 Å². The van der Waals surface area contributed by atoms with Crippen molar-refractivity contribution in [3.63, 3.8) is 0 Å². The maximum Gasteiger partial charge on any atom is 0.144 e. The van der Waals surface area contributed by atoms with Gasteiger partial charge in [-0.05, 0) is 43.9 Å². The van der Waals surface area contributed by atoms with Crippen molar-refractivity contribution in [1.29, 1.82) is 5.26 Å². The summed E-state index contributed by atoms with van der Waals surface area (Å²) in [6.07, 6.45) is 4.33. The van der Waals surface area contributed by atoms with Gasteiger partial charge in [0.15, 0.2) is 0 Å². The van der Waals surface area contributed by atoms with E-state index in [0.717, 1.165) is 70.9 Å². The van der Waals surface area contributed by atoms with Crippen LogP contribution in [0.25, 0.3) is 0 Å². The molecule has 112 valence electrons. The maximum absolute atomic E-state index is 9.26. The summed E-state index contributed by atoms with van der Waals surface area (Å²) in [6, 6.07) is 4.28. The molecule has 5 heteroatoms. The predicted octanol–water partition coefficient (Wildman–Crippen LogP) is 1.58. The summed E-state index contributed by atoms with van der Waals surface area (Å²) in [5, 5.41) is 12.6. The average Bonchev–Trinajstić information content (AvgIpc) is 2.99. The number of hydrogen-bond donors (Lipinski definition) is 1. The Morgan fingerprint density at radius 3 is 3.00 bits per heavy atom. The number of hydrogen-bond acceptors (Lipinski definition) is 5. The number of aryl methyl sites for hydroxylation is 2. The van der Waals surface area contributed by atoms with E-state index in [1.54, 1.807) is 0 Å². The Balaban J connectivity index is 1.52. The minimum Gasteiger partial charge on any atom is -0.379 e. The molecule has 0 spiro atoms. The van der Waals surface area contributed by atoms with Crippen molar-refractivity contribution in [3.8, 4) is 6.07 Å². The van der Waals surface area contributed by atoms with Gasteiger partial charge < -0.3 is 10.1 Å². The lowest BCUT2D eigenvalue weighted by Gasteiger charge is -2.26. The van der Waals surface area contributed by atoms with Crippen molar-refractivity contribution in [3.05, 3.63) is 22.9 Å². The fourth-order valence-corrected chi connectivity index (χ4v) is 3.03. The van der Waals surface area contributed by atoms with Gasteiger partial charge in [0.2, 0.25) is 0 Å². The van der Waals surface area contributed by atoms with Crippen molar-refractivity contribution in [1.82, 2.24) is 9.88 Å². The lowest BCUT2D eigenvalue weighted by Crippen LogP contribution is -2.37. The van der Waals surface area contributed by atoms with Crippen LogP contribution in [0.5, 0.6) is 0 Å². The number of pyridine rings is 1. The number of ether oxygens (including phenoxy) is 1. The number of anilines is 1. The summed E-state index contributed by atoms with van der Waals surface area (Å²) in [4.78, 5) is 7.06. The second-order valence-corrected chi connectivity index (χ2v) is 5.69. The van der Waals surface area contributed by atoms with Crippen LogP contribution < -0.4 is 5.32 Å². The van der Waals surface area contributed by atoms with Gasteiger partial charge in [0.05, 0.1) is 18.8 Å². The summed E-state index contributed by atoms with van der Waals surface area (Å²) in [6.45, 7) is 5.68. The van der Waals surface area contributed by atoms with Crippen LogP contribution in [-0.2, 0) is 17.6 Å². The number of nitrogens with zero attached hydrogens (tertiary/aromatic N) is 3. The fraction of sp³-hybridized carbons (Fsp3) is 0.625. The first-order chi connectivity index (χ1) is 10.4. The normalized spacial score (nSPS) is 18.2. The molecule has 0 bridgehead atoms. The Morgan fingerprint density at radius 2 is 2.19 bits per heavy atom. The minimum absolute atomic E-state index is 0.682. The zero-order valence-corrected chi connectivity index (χ0v) is 12.4. The zero-order valence-electron chi connectivity index (χ0n) is 12.4. The molecule has 0 radical (unpaired) electrons. The molecule has 1 aromatic rings. The van der Waals surface area contributed by atoms with Gasteiger partial charge in [-0.1, -0.05) is 0 Å². The standard InChI is InChI=1S/C16H22N4O/c17-12-14-11-13-3-1-4-15(13)19-16(14)18-5-2-6-20-7-9-21-10-8-20/h11H,1-10H2,(H,18,19). The smallest absolute Gasteiger partial charge is 0.144 e. The lowest BCUT2D eigenvalue weighted by molar-refractivity contribution is 0.0378. The van der Waals surface area contributed by atoms with Crippen LogP contribution in [0.3, 0.4) is 0 Å². The molecule has 3 rings (SSSR count). The Hall–Kier alpha value is -1.64. The number of rotatable bonds is 5. The molecular formula is C16H22N4O. The van der Waals surface area contributed by atoms with Crippen LogP contribution in [-0.4, -0.2) is 49.3 Å². The molecule has 1 aliphatic heterocycles. The van der Waals surface area contributed by atoms with Gasteiger partial charge >= 0.3 is 0 Å². The molecule has 0 amide bonds. The first-order valence-corrected chi connectivity index (χ1v) is 7.83. The van der Waals surface area contributed by atoms with Gasteiger partial charge in [0.25, 0.3) is 0 Å². The number of fused-ring (bicyclic) bond motifs is 1. The highest BCUT2D eigenvalue weighted by Crippen LogP contribution is 2.24. The van der Waals surface area contributed by atoms with Crippen LogP contribution in [0.15, 0.2) is 6.07 Å². The lowest BCUT2D eigenvalue weighted by atomic mass is 10.1. The Labute approximate surface area is 125 Å². The molecule has 1 saturated heterocycles. The van der Waals surface area contributed by atoms with E-state index in [2.05, 4.69) is 21.3 Å². The first kappa shape index (κ1) is 14.3. The van der Waals surface area contributed by atoms with E-state index in [1.807, 2.05) is 6.07 Å². The van der Waals surface area contributed by atoms with Crippen molar-refractivity contribution >= 4 is 5.82 Å². The summed E-state index contributed by atoms with van der Waals surface area (Å²) in [5.41, 5.74) is 3.11. The molecule has 5 nitrogen and oxygen atoms in total. The monoisotopic (exact) mass is 286 g/mol. The van der Waals surface area contributed by atoms with E-state index in [-0.39, 0.29) is 0 Å². The molecule has 0 atom stereocenters. The SMILES string of the molecule is N#Cc1cc2c(nc1NCCCN1CCOCC1)CCC2. The molecule has 1 fully saturated rings. The quantitative estimate of drug-likeness (QED) is 0.833. The molecular weight excluding hydrogens is 264 g/mol. The van der Waals surface area contributed by atoms with E-state index in [1.165, 1.54) is 11.3 Å². The summed E-state index contributed by atoms with van der Waals surface area (Å²) >= 11 is 0. The second-order valence-electron chi connectivity index (χ2n) is 5.69. The predicted molar refractivity (Wildman–Crippen MR) is 81.3 cm³/mol. The van der Waals surface area contributed by atoms with E-state index in [9.17, 15) is 5.26 Å². The van der Waals surface area contributed by atoms with Crippen LogP contribution in [0, 0.1) is 11.3 Å². The highest BCUT2D eigenvalue weighted by atomic mass is 16.5. The van der Waals surface area contributed by atoms with Crippen molar-refractivity contribution in [2.45, 2.75) is 25.7 Å². The summed E-state index contributed by atoms with van der Waals surface area (Å²) in [7, 11) is 0. The highest BCUT2D eigenvalue weighted by Gasteiger charge is 2.16. The van der Waals surface area contributed by atoms with Crippen LogP contribution in [0.4, 0.5) is 5.82 Å². The van der Waals surface area contributed by atoms with Gasteiger partial charge in [0.1, 0.15) is 11.9 Å². The summed E-state index contributed by atoms with van der Waals surface area (Å²) in [5.74, 6) is 0.764. The number of morpholine rings is 1. The molecule has 1 aromatic heterocycles. The Morgan fingerprint density at radius 1 is 1.33 bits per heavy atom. The molecule has 0 unspecified atom stereocenters. The highest BCUT2D eigenvalue weighted by molar-refractivity contribution is 5.55. The van der Waals surface area contributed by atoms with E-state index in [0.29, 0.717) is 5.56 Å². The van der Waals surface area contributed by atoms with Gasteiger partial charge in [-0.25, -0.2) is 4.98 Å². The number of aromatic nitrogens is 1. The largest absolute Gasteiger partial charge is 0.379 e. The Bertz CT molecular complexity index is 532. The van der Waals surface area contributed by atoms with E-state index in [4.69, 9.17) is 4.74 Å². The summed E-state index contributed by atoms with van der Waals surface area (Å²) < 4.78 is 5.34. The molecule has 0 aromatic carbocycles. The molecule has 1 aliphatic carbocycles. The first-order valence-electron chi connectivity index (χ1n) is 7.83. The third kappa shape index (κ3) is 3.52. The molecule has 1 N–H and O–H groups in total. The molecule has 2 heterocycles. The second kappa shape index (κ2) is 6.88. The molecule has 21 heavy (non-hydrogen) atoms. The Kier molecular flexibility index (Phi) is 4.69. The van der Waals surface area contributed by atoms with Crippen molar-refractivity contribution in [2.24, 2.45) is 0 Å². The van der Waals surface area contributed by atoms with E-state index < -0.39 is 0 Å². The van der Waals surface area contributed by atoms with Crippen molar-refractivity contribution < 1.29 is 4.74 Å². The van der Waals surface area contributed by atoms with Crippen LogP contribution >= 0.6 is 0 Å². The van der Waals surface area contributed by atoms with Crippen LogP contribution in [0.1, 0.15) is 29.7 Å². The molecule has 2 aliphatic rings. The number of nitrogens with one attached hydrogen (secondary N) is 1. The third-order valence-electron chi connectivity index (χ3n) is 4.22. The maximum atomic E-state index is 9.26. The van der Waals surface area contributed by atoms with Crippen LogP contribution in [0.2, 0.25) is 0 Å². The average molecular weight is 286 g/mol. The fourth-order valence-electron chi connectivity index (χ4n) is 3.03. The molecule has 0 saturated carbocycles. The third-order valence-corrected chi connectivity index (χ3v) is 4.22.